The van der Waals surface area contributed by atoms with Crippen LogP contribution in [-0.4, -0.2) is 45.8 Å². The van der Waals surface area contributed by atoms with E-state index >= 15 is 0 Å². The maximum atomic E-state index is 13.2. The summed E-state index contributed by atoms with van der Waals surface area (Å²) in [5.74, 6) is -0.363. The number of nitrogens with zero attached hydrogens (tertiary/aromatic N) is 3. The smallest absolute Gasteiger partial charge is 0.351 e. The summed E-state index contributed by atoms with van der Waals surface area (Å²) in [6, 6.07) is -0.335. The number of hydrogen-bond acceptors (Lipinski definition) is 3. The lowest BCUT2D eigenvalue weighted by Gasteiger charge is -2.35. The van der Waals surface area contributed by atoms with Gasteiger partial charge >= 0.3 is 6.18 Å². The molecule has 5 nitrogen and oxygen atoms in total. The van der Waals surface area contributed by atoms with E-state index in [0.29, 0.717) is 11.7 Å². The topological polar surface area (TPSA) is 50.2 Å². The monoisotopic (exact) mass is 406 g/mol. The molecule has 9 heteroatoms. The van der Waals surface area contributed by atoms with Gasteiger partial charge in [0.2, 0.25) is 5.91 Å². The van der Waals surface area contributed by atoms with Gasteiger partial charge in [-0.1, -0.05) is 11.6 Å². The molecule has 1 aliphatic carbocycles. The maximum absolute atomic E-state index is 13.2. The van der Waals surface area contributed by atoms with E-state index < -0.39 is 17.9 Å². The molecule has 1 aromatic rings. The minimum absolute atomic E-state index is 0.0347. The number of aromatic nitrogens is 2. The first-order chi connectivity index (χ1) is 12.6. The number of nitrogens with one attached hydrogen (secondary N) is 1. The lowest BCUT2D eigenvalue weighted by Crippen LogP contribution is -2.48. The van der Waals surface area contributed by atoms with Gasteiger partial charge in [0.25, 0.3) is 0 Å². The summed E-state index contributed by atoms with van der Waals surface area (Å²) in [5.41, 5.74) is -0.766. The van der Waals surface area contributed by atoms with Crippen molar-refractivity contribution in [3.05, 3.63) is 16.4 Å². The first-order valence-corrected chi connectivity index (χ1v) is 9.87. The number of likely N-dealkylation sites (tertiary alicyclic amines) is 1. The van der Waals surface area contributed by atoms with Crippen molar-refractivity contribution in [3.8, 4) is 0 Å². The number of hydrogen-bond donors (Lipinski definition) is 1. The van der Waals surface area contributed by atoms with Crippen LogP contribution < -0.4 is 5.32 Å². The fraction of sp³-hybridized carbons (Fsp3) is 0.778. The van der Waals surface area contributed by atoms with Crippen molar-refractivity contribution >= 4 is 17.5 Å². The predicted octanol–water partition coefficient (Wildman–Crippen LogP) is 3.98. The highest BCUT2D eigenvalue weighted by Gasteiger charge is 2.43. The largest absolute Gasteiger partial charge is 0.436 e. The molecule has 1 unspecified atom stereocenters. The normalized spacial score (nSPS) is 20.9. The van der Waals surface area contributed by atoms with Gasteiger partial charge in [0.15, 0.2) is 5.69 Å². The molecule has 0 bridgehead atoms. The maximum Gasteiger partial charge on any atom is 0.436 e. The highest BCUT2D eigenvalue weighted by atomic mass is 35.5. The molecule has 1 saturated carbocycles. The van der Waals surface area contributed by atoms with Gasteiger partial charge in [-0.25, -0.2) is 0 Å². The van der Waals surface area contributed by atoms with Crippen LogP contribution in [0.1, 0.15) is 69.8 Å². The Balaban J connectivity index is 1.72. The Morgan fingerprint density at radius 2 is 1.78 bits per heavy atom. The average molecular weight is 407 g/mol. The Morgan fingerprint density at radius 1 is 1.19 bits per heavy atom. The summed E-state index contributed by atoms with van der Waals surface area (Å²) in [6.45, 7) is 7.65. The minimum atomic E-state index is -4.63. The average Bonchev–Trinajstić information content (AvgIpc) is 3.36. The highest BCUT2D eigenvalue weighted by Crippen LogP contribution is 2.47. The number of alkyl halides is 3. The van der Waals surface area contributed by atoms with Crippen molar-refractivity contribution in [2.75, 3.05) is 13.1 Å². The molecule has 2 heterocycles. The van der Waals surface area contributed by atoms with Crippen LogP contribution >= 0.6 is 11.6 Å². The van der Waals surface area contributed by atoms with Gasteiger partial charge in [-0.3, -0.25) is 9.48 Å². The van der Waals surface area contributed by atoms with Crippen molar-refractivity contribution in [2.45, 2.75) is 76.7 Å². The van der Waals surface area contributed by atoms with Crippen LogP contribution in [0.4, 0.5) is 13.2 Å². The molecular weight excluding hydrogens is 381 g/mol. The third kappa shape index (κ3) is 4.42. The zero-order chi connectivity index (χ0) is 19.9. The summed E-state index contributed by atoms with van der Waals surface area (Å²) in [4.78, 5) is 15.0. The standard InChI is InChI=1S/C18H26ClF3N4O/c1-10(2)25-8-6-13(7-9-25)23-17(27)11(3)26-15(12-4-5-12)14(19)16(24-26)18(20,21)22/h10-13H,4-9H2,1-3H3,(H,23,27). The second kappa shape index (κ2) is 7.62. The van der Waals surface area contributed by atoms with E-state index in [0.717, 1.165) is 38.8 Å². The number of rotatable bonds is 5. The number of piperidine rings is 1. The van der Waals surface area contributed by atoms with Crippen LogP contribution in [0.3, 0.4) is 0 Å². The molecule has 0 spiro atoms. The lowest BCUT2D eigenvalue weighted by molar-refractivity contribution is -0.142. The van der Waals surface area contributed by atoms with E-state index in [2.05, 4.69) is 29.2 Å². The predicted molar refractivity (Wildman–Crippen MR) is 96.8 cm³/mol. The van der Waals surface area contributed by atoms with Gasteiger partial charge in [0.1, 0.15) is 6.04 Å². The second-order valence-corrected chi connectivity index (χ2v) is 8.23. The SMILES string of the molecule is CC(C)N1CCC(NC(=O)C(C)n2nc(C(F)(F)F)c(Cl)c2C2CC2)CC1. The number of halogens is 4. The van der Waals surface area contributed by atoms with Crippen LogP contribution in [0, 0.1) is 0 Å². The summed E-state index contributed by atoms with van der Waals surface area (Å²) in [6.07, 6.45) is -1.43. The van der Waals surface area contributed by atoms with Gasteiger partial charge < -0.3 is 10.2 Å². The fourth-order valence-electron chi connectivity index (χ4n) is 3.62. The van der Waals surface area contributed by atoms with E-state index in [1.165, 1.54) is 4.68 Å². The molecule has 27 heavy (non-hydrogen) atoms. The number of carbonyl (C=O) groups excluding carboxylic acids is 1. The third-order valence-corrected chi connectivity index (χ3v) is 5.85. The molecular formula is C18H26ClF3N4O. The van der Waals surface area contributed by atoms with E-state index in [9.17, 15) is 18.0 Å². The first kappa shape index (κ1) is 20.5. The third-order valence-electron chi connectivity index (χ3n) is 5.47. The van der Waals surface area contributed by atoms with Crippen molar-refractivity contribution in [1.29, 1.82) is 0 Å². The molecule has 2 fully saturated rings. The Morgan fingerprint density at radius 3 is 2.26 bits per heavy atom. The van der Waals surface area contributed by atoms with Gasteiger partial charge in [0.05, 0.1) is 10.7 Å². The van der Waals surface area contributed by atoms with Crippen LogP contribution in [-0.2, 0) is 11.0 Å². The first-order valence-electron chi connectivity index (χ1n) is 9.49. The van der Waals surface area contributed by atoms with E-state index in [1.54, 1.807) is 6.92 Å². The summed E-state index contributed by atoms with van der Waals surface area (Å²) in [5, 5.41) is 6.30. The van der Waals surface area contributed by atoms with Crippen molar-refractivity contribution in [2.24, 2.45) is 0 Å². The molecule has 1 N–H and O–H groups in total. The van der Waals surface area contributed by atoms with Crippen LogP contribution in [0.15, 0.2) is 0 Å². The zero-order valence-electron chi connectivity index (χ0n) is 15.8. The Kier molecular flexibility index (Phi) is 5.77. The fourth-order valence-corrected chi connectivity index (χ4v) is 4.01. The van der Waals surface area contributed by atoms with Crippen molar-refractivity contribution in [3.63, 3.8) is 0 Å². The highest BCUT2D eigenvalue weighted by molar-refractivity contribution is 6.32. The molecule has 1 saturated heterocycles. The van der Waals surface area contributed by atoms with Gasteiger partial charge in [-0.05, 0) is 46.5 Å². The summed E-state index contributed by atoms with van der Waals surface area (Å²) < 4.78 is 40.8. The van der Waals surface area contributed by atoms with Crippen LogP contribution in [0.2, 0.25) is 5.02 Å². The summed E-state index contributed by atoms with van der Waals surface area (Å²) in [7, 11) is 0. The van der Waals surface area contributed by atoms with Gasteiger partial charge in [-0.15, -0.1) is 0 Å². The molecule has 152 valence electrons. The van der Waals surface area contributed by atoms with E-state index in [4.69, 9.17) is 11.6 Å². The molecule has 1 aliphatic heterocycles. The van der Waals surface area contributed by atoms with Gasteiger partial charge in [0, 0.05) is 31.1 Å². The van der Waals surface area contributed by atoms with Crippen LogP contribution in [0.5, 0.6) is 0 Å². The zero-order valence-corrected chi connectivity index (χ0v) is 16.6. The molecule has 3 rings (SSSR count). The van der Waals surface area contributed by atoms with Crippen molar-refractivity contribution < 1.29 is 18.0 Å². The van der Waals surface area contributed by atoms with Gasteiger partial charge in [-0.2, -0.15) is 18.3 Å². The molecule has 1 aromatic heterocycles. The Hall–Kier alpha value is -1.28. The lowest BCUT2D eigenvalue weighted by atomic mass is 10.0. The van der Waals surface area contributed by atoms with E-state index in [-0.39, 0.29) is 22.9 Å². The molecule has 0 radical (unpaired) electrons. The molecule has 0 aromatic carbocycles. The Bertz CT molecular complexity index is 692. The molecule has 1 amide bonds. The summed E-state index contributed by atoms with van der Waals surface area (Å²) >= 11 is 5.99. The van der Waals surface area contributed by atoms with Crippen molar-refractivity contribution in [1.82, 2.24) is 20.0 Å². The quantitative estimate of drug-likeness (QED) is 0.804. The second-order valence-electron chi connectivity index (χ2n) is 7.85. The molecule has 2 aliphatic rings. The molecule has 1 atom stereocenters. The number of carbonyl (C=O) groups is 1. The minimum Gasteiger partial charge on any atom is -0.351 e. The van der Waals surface area contributed by atoms with E-state index in [1.807, 2.05) is 0 Å². The van der Waals surface area contributed by atoms with Crippen LogP contribution in [0.25, 0.3) is 0 Å². The number of amides is 1. The Labute approximate surface area is 162 Å².